The largest absolute Gasteiger partial charge is 0.339 e. The number of unbranched alkanes of at least 4 members (excludes halogenated alkanes) is 1. The predicted molar refractivity (Wildman–Crippen MR) is 107 cm³/mol. The number of alkyl halides is 3. The average molecular weight is 411 g/mol. The molecule has 0 aliphatic rings. The number of halogens is 3. The van der Waals surface area contributed by atoms with Gasteiger partial charge in [0.25, 0.3) is 0 Å². The Kier molecular flexibility index (Phi) is 9.13. The fourth-order valence-electron chi connectivity index (χ4n) is 2.01. The second-order valence-corrected chi connectivity index (χ2v) is 8.03. The first-order valence-electron chi connectivity index (χ1n) is 7.79. The third kappa shape index (κ3) is 7.43. The number of para-hydroxylation sites is 1. The summed E-state index contributed by atoms with van der Waals surface area (Å²) in [5, 5.41) is 8.86. The van der Waals surface area contributed by atoms with Gasteiger partial charge in [-0.3, -0.25) is 4.79 Å². The maximum absolute atomic E-state index is 11.9. The fourth-order valence-corrected chi connectivity index (χ4v) is 2.57. The Morgan fingerprint density at radius 1 is 1.21 bits per heavy atom. The number of aryl methyl sites for hydroxylation is 1. The van der Waals surface area contributed by atoms with Crippen molar-refractivity contribution in [2.45, 2.75) is 49.5 Å². The van der Waals surface area contributed by atoms with E-state index in [1.54, 1.807) is 0 Å². The first-order chi connectivity index (χ1) is 11.3. The lowest BCUT2D eigenvalue weighted by Crippen LogP contribution is -2.56. The molecule has 0 aliphatic carbocycles. The van der Waals surface area contributed by atoms with Crippen molar-refractivity contribution < 1.29 is 4.79 Å². The maximum atomic E-state index is 11.9. The Balaban J connectivity index is 2.72. The molecular weight excluding hydrogens is 389 g/mol. The van der Waals surface area contributed by atoms with Crippen molar-refractivity contribution in [1.29, 1.82) is 0 Å². The van der Waals surface area contributed by atoms with Crippen LogP contribution in [0.5, 0.6) is 0 Å². The van der Waals surface area contributed by atoms with E-state index in [1.165, 1.54) is 0 Å². The zero-order chi connectivity index (χ0) is 18.2. The molecule has 24 heavy (non-hydrogen) atoms. The van der Waals surface area contributed by atoms with E-state index in [4.69, 9.17) is 47.0 Å². The molecule has 1 aromatic rings. The van der Waals surface area contributed by atoms with E-state index in [0.29, 0.717) is 6.42 Å². The molecule has 0 radical (unpaired) electrons. The van der Waals surface area contributed by atoms with Crippen molar-refractivity contribution >= 4 is 63.7 Å². The molecule has 3 N–H and O–H groups in total. The van der Waals surface area contributed by atoms with Gasteiger partial charge >= 0.3 is 0 Å². The zero-order valence-corrected chi connectivity index (χ0v) is 16.7. The van der Waals surface area contributed by atoms with Crippen LogP contribution in [0.4, 0.5) is 5.69 Å². The van der Waals surface area contributed by atoms with Crippen molar-refractivity contribution in [3.63, 3.8) is 0 Å². The van der Waals surface area contributed by atoms with Crippen molar-refractivity contribution in [2.75, 3.05) is 5.32 Å². The Morgan fingerprint density at radius 3 is 2.46 bits per heavy atom. The molecule has 0 saturated carbocycles. The minimum absolute atomic E-state index is 0.197. The maximum Gasteiger partial charge on any atom is 0.228 e. The van der Waals surface area contributed by atoms with Crippen LogP contribution in [0.2, 0.25) is 0 Å². The zero-order valence-electron chi connectivity index (χ0n) is 13.7. The van der Waals surface area contributed by atoms with Crippen molar-refractivity contribution in [3.05, 3.63) is 29.8 Å². The first-order valence-corrected chi connectivity index (χ1v) is 9.33. The summed E-state index contributed by atoms with van der Waals surface area (Å²) in [6, 6.07) is 7.78. The summed E-state index contributed by atoms with van der Waals surface area (Å²) in [6.07, 6.45) is 1.97. The van der Waals surface area contributed by atoms with Crippen LogP contribution < -0.4 is 16.0 Å². The molecule has 0 saturated heterocycles. The van der Waals surface area contributed by atoms with E-state index >= 15 is 0 Å². The summed E-state index contributed by atoms with van der Waals surface area (Å²) in [5.41, 5.74) is 1.98. The molecule has 1 rings (SSSR count). The van der Waals surface area contributed by atoms with Gasteiger partial charge in [0, 0.05) is 12.1 Å². The van der Waals surface area contributed by atoms with Crippen LogP contribution in [-0.2, 0) is 11.2 Å². The van der Waals surface area contributed by atoms with Crippen LogP contribution in [0.15, 0.2) is 24.3 Å². The SMILES string of the molecule is CCCCC(=O)NC(NC(=S)Nc1ccccc1CC)C(Cl)(Cl)Cl. The second-order valence-electron chi connectivity index (χ2n) is 5.25. The Labute approximate surface area is 163 Å². The summed E-state index contributed by atoms with van der Waals surface area (Å²) in [4.78, 5) is 11.9. The van der Waals surface area contributed by atoms with Crippen LogP contribution >= 0.6 is 47.0 Å². The molecule has 1 atom stereocenters. The summed E-state index contributed by atoms with van der Waals surface area (Å²) in [6.45, 7) is 4.05. The Morgan fingerprint density at radius 2 is 1.88 bits per heavy atom. The number of benzene rings is 1. The average Bonchev–Trinajstić information content (AvgIpc) is 2.52. The molecule has 0 fully saturated rings. The summed E-state index contributed by atoms with van der Waals surface area (Å²) in [5.74, 6) is -0.197. The smallest absolute Gasteiger partial charge is 0.228 e. The number of amides is 1. The highest BCUT2D eigenvalue weighted by Gasteiger charge is 2.34. The molecule has 4 nitrogen and oxygen atoms in total. The van der Waals surface area contributed by atoms with Crippen LogP contribution in [0.3, 0.4) is 0 Å². The Hall–Kier alpha value is -0.750. The standard InChI is InChI=1S/C16H22Cl3N3OS/c1-3-5-10-13(23)21-14(16(17,18)19)22-15(24)20-12-9-7-6-8-11(12)4-2/h6-9,14H,3-5,10H2,1-2H3,(H,21,23)(H2,20,22,24). The molecular formula is C16H22Cl3N3OS. The van der Waals surface area contributed by atoms with Gasteiger partial charge in [-0.1, -0.05) is 73.3 Å². The van der Waals surface area contributed by atoms with E-state index in [9.17, 15) is 4.79 Å². The number of thiocarbonyl (C=S) groups is 1. The molecule has 0 spiro atoms. The minimum atomic E-state index is -1.74. The van der Waals surface area contributed by atoms with Crippen molar-refractivity contribution in [1.82, 2.24) is 10.6 Å². The highest BCUT2D eigenvalue weighted by Crippen LogP contribution is 2.29. The third-order valence-corrected chi connectivity index (χ3v) is 4.19. The number of anilines is 1. The van der Waals surface area contributed by atoms with Crippen molar-refractivity contribution in [3.8, 4) is 0 Å². The molecule has 1 aromatic carbocycles. The summed E-state index contributed by atoms with van der Waals surface area (Å²) < 4.78 is -1.74. The lowest BCUT2D eigenvalue weighted by Gasteiger charge is -2.28. The Bertz CT molecular complexity index is 564. The number of carbonyl (C=O) groups excluding carboxylic acids is 1. The first kappa shape index (κ1) is 21.3. The molecule has 1 amide bonds. The number of hydrogen-bond donors (Lipinski definition) is 3. The molecule has 0 bridgehead atoms. The lowest BCUT2D eigenvalue weighted by molar-refractivity contribution is -0.122. The summed E-state index contributed by atoms with van der Waals surface area (Å²) >= 11 is 23.1. The van der Waals surface area contributed by atoms with Gasteiger partial charge in [-0.25, -0.2) is 0 Å². The lowest BCUT2D eigenvalue weighted by atomic mass is 10.1. The number of carbonyl (C=O) groups is 1. The highest BCUT2D eigenvalue weighted by molar-refractivity contribution is 7.80. The van der Waals surface area contributed by atoms with Crippen LogP contribution in [0.25, 0.3) is 0 Å². The van der Waals surface area contributed by atoms with E-state index in [2.05, 4.69) is 22.9 Å². The van der Waals surface area contributed by atoms with Gasteiger partial charge in [0.2, 0.25) is 9.70 Å². The predicted octanol–water partition coefficient (Wildman–Crippen LogP) is 4.54. The summed E-state index contributed by atoms with van der Waals surface area (Å²) in [7, 11) is 0. The minimum Gasteiger partial charge on any atom is -0.339 e. The van der Waals surface area contributed by atoms with Gasteiger partial charge in [0.15, 0.2) is 5.11 Å². The monoisotopic (exact) mass is 409 g/mol. The molecule has 0 aliphatic heterocycles. The topological polar surface area (TPSA) is 53.2 Å². The van der Waals surface area contributed by atoms with E-state index < -0.39 is 9.96 Å². The number of nitrogens with one attached hydrogen (secondary N) is 3. The van der Waals surface area contributed by atoms with Gasteiger partial charge < -0.3 is 16.0 Å². The second kappa shape index (κ2) is 10.3. The molecule has 0 aromatic heterocycles. The number of rotatable bonds is 7. The van der Waals surface area contributed by atoms with E-state index in [-0.39, 0.29) is 11.0 Å². The molecule has 134 valence electrons. The quantitative estimate of drug-likeness (QED) is 0.351. The molecule has 1 unspecified atom stereocenters. The molecule has 0 heterocycles. The van der Waals surface area contributed by atoms with Gasteiger partial charge in [0.05, 0.1) is 0 Å². The fraction of sp³-hybridized carbons (Fsp3) is 0.500. The number of hydrogen-bond acceptors (Lipinski definition) is 2. The normalized spacial score (nSPS) is 12.4. The van der Waals surface area contributed by atoms with Gasteiger partial charge in [-0.15, -0.1) is 0 Å². The van der Waals surface area contributed by atoms with E-state index in [0.717, 1.165) is 30.5 Å². The highest BCUT2D eigenvalue weighted by atomic mass is 35.6. The van der Waals surface area contributed by atoms with Gasteiger partial charge in [0.1, 0.15) is 6.17 Å². The third-order valence-electron chi connectivity index (χ3n) is 3.31. The van der Waals surface area contributed by atoms with Crippen molar-refractivity contribution in [2.24, 2.45) is 0 Å². The van der Waals surface area contributed by atoms with Gasteiger partial charge in [-0.2, -0.15) is 0 Å². The van der Waals surface area contributed by atoms with Crippen LogP contribution in [0, 0.1) is 0 Å². The van der Waals surface area contributed by atoms with E-state index in [1.807, 2.05) is 31.2 Å². The molecule has 8 heteroatoms. The van der Waals surface area contributed by atoms with Gasteiger partial charge in [-0.05, 0) is 36.7 Å². The van der Waals surface area contributed by atoms with Crippen LogP contribution in [0.1, 0.15) is 38.7 Å². The van der Waals surface area contributed by atoms with Crippen LogP contribution in [-0.4, -0.2) is 21.0 Å².